The first-order valence-electron chi connectivity index (χ1n) is 4.78. The molecule has 0 saturated carbocycles. The lowest BCUT2D eigenvalue weighted by Crippen LogP contribution is -2.17. The molecule has 1 aromatic rings. The normalized spacial score (nSPS) is 11.0. The van der Waals surface area contributed by atoms with Crippen LogP contribution in [0.5, 0.6) is 0 Å². The summed E-state index contributed by atoms with van der Waals surface area (Å²) >= 11 is 0. The minimum atomic E-state index is -0.0588. The number of anilines is 1. The van der Waals surface area contributed by atoms with Crippen LogP contribution >= 0.6 is 0 Å². The SMILES string of the molecule is CC(C)C(=O)Nc1cc(C(C)C)no1. The number of rotatable bonds is 3. The van der Waals surface area contributed by atoms with Crippen molar-refractivity contribution < 1.29 is 9.32 Å². The van der Waals surface area contributed by atoms with E-state index in [1.165, 1.54) is 0 Å². The Labute approximate surface area is 83.7 Å². The predicted molar refractivity (Wildman–Crippen MR) is 54.1 cm³/mol. The molecule has 0 atom stereocenters. The second-order valence-corrected chi connectivity index (χ2v) is 3.91. The smallest absolute Gasteiger partial charge is 0.231 e. The Morgan fingerprint density at radius 2 is 2.07 bits per heavy atom. The third-order valence-electron chi connectivity index (χ3n) is 1.89. The number of amides is 1. The second-order valence-electron chi connectivity index (χ2n) is 3.91. The first-order valence-corrected chi connectivity index (χ1v) is 4.78. The molecule has 1 N–H and O–H groups in total. The van der Waals surface area contributed by atoms with Crippen LogP contribution in [0.2, 0.25) is 0 Å². The van der Waals surface area contributed by atoms with Gasteiger partial charge in [0.15, 0.2) is 0 Å². The van der Waals surface area contributed by atoms with Crippen LogP contribution in [0.4, 0.5) is 5.88 Å². The number of nitrogens with zero attached hydrogens (tertiary/aromatic N) is 1. The fraction of sp³-hybridized carbons (Fsp3) is 0.600. The molecule has 78 valence electrons. The molecule has 4 heteroatoms. The van der Waals surface area contributed by atoms with Gasteiger partial charge in [-0.15, -0.1) is 0 Å². The van der Waals surface area contributed by atoms with Gasteiger partial charge >= 0.3 is 0 Å². The van der Waals surface area contributed by atoms with E-state index in [0.29, 0.717) is 11.8 Å². The van der Waals surface area contributed by atoms with E-state index in [4.69, 9.17) is 4.52 Å². The van der Waals surface area contributed by atoms with Crippen molar-refractivity contribution in [3.63, 3.8) is 0 Å². The second kappa shape index (κ2) is 4.26. The van der Waals surface area contributed by atoms with Gasteiger partial charge in [0, 0.05) is 12.0 Å². The lowest BCUT2D eigenvalue weighted by molar-refractivity contribution is -0.119. The van der Waals surface area contributed by atoms with Crippen molar-refractivity contribution in [3.8, 4) is 0 Å². The third kappa shape index (κ3) is 2.58. The molecular formula is C10H16N2O2. The van der Waals surface area contributed by atoms with Crippen LogP contribution in [-0.2, 0) is 4.79 Å². The Hall–Kier alpha value is -1.32. The average molecular weight is 196 g/mol. The monoisotopic (exact) mass is 196 g/mol. The van der Waals surface area contributed by atoms with Crippen LogP contribution in [0.25, 0.3) is 0 Å². The van der Waals surface area contributed by atoms with E-state index >= 15 is 0 Å². The first kappa shape index (κ1) is 10.8. The molecule has 0 unspecified atom stereocenters. The minimum absolute atomic E-state index is 0.0531. The van der Waals surface area contributed by atoms with Gasteiger partial charge in [0.25, 0.3) is 0 Å². The fourth-order valence-electron chi connectivity index (χ4n) is 0.886. The zero-order chi connectivity index (χ0) is 10.7. The lowest BCUT2D eigenvalue weighted by atomic mass is 10.1. The van der Waals surface area contributed by atoms with Crippen LogP contribution in [-0.4, -0.2) is 11.1 Å². The first-order chi connectivity index (χ1) is 6.50. The van der Waals surface area contributed by atoms with Crippen molar-refractivity contribution in [3.05, 3.63) is 11.8 Å². The summed E-state index contributed by atoms with van der Waals surface area (Å²) in [7, 11) is 0. The van der Waals surface area contributed by atoms with Gasteiger partial charge in [-0.05, 0) is 5.92 Å². The van der Waals surface area contributed by atoms with Gasteiger partial charge in [-0.25, -0.2) is 0 Å². The van der Waals surface area contributed by atoms with Crippen molar-refractivity contribution >= 4 is 11.8 Å². The van der Waals surface area contributed by atoms with Gasteiger partial charge in [0.1, 0.15) is 0 Å². The molecule has 1 heterocycles. The Morgan fingerprint density at radius 1 is 1.43 bits per heavy atom. The summed E-state index contributed by atoms with van der Waals surface area (Å²) in [6, 6.07) is 1.75. The van der Waals surface area contributed by atoms with E-state index < -0.39 is 0 Å². The largest absolute Gasteiger partial charge is 0.338 e. The van der Waals surface area contributed by atoms with Gasteiger partial charge in [-0.2, -0.15) is 0 Å². The topological polar surface area (TPSA) is 55.1 Å². The molecule has 0 fully saturated rings. The highest BCUT2D eigenvalue weighted by Crippen LogP contribution is 2.17. The summed E-state index contributed by atoms with van der Waals surface area (Å²) < 4.78 is 4.96. The van der Waals surface area contributed by atoms with Crippen LogP contribution in [0.15, 0.2) is 10.6 Å². The summed E-state index contributed by atoms with van der Waals surface area (Å²) in [6.07, 6.45) is 0. The van der Waals surface area contributed by atoms with Crippen LogP contribution in [0.1, 0.15) is 39.3 Å². The number of hydrogen-bond donors (Lipinski definition) is 1. The maximum atomic E-state index is 11.3. The number of carbonyl (C=O) groups is 1. The molecule has 0 aromatic carbocycles. The van der Waals surface area contributed by atoms with Crippen LogP contribution < -0.4 is 5.32 Å². The van der Waals surface area contributed by atoms with Crippen molar-refractivity contribution in [2.24, 2.45) is 5.92 Å². The zero-order valence-corrected chi connectivity index (χ0v) is 9.00. The van der Waals surface area contributed by atoms with E-state index in [-0.39, 0.29) is 11.8 Å². The average Bonchev–Trinajstić information content (AvgIpc) is 2.52. The van der Waals surface area contributed by atoms with Crippen LogP contribution in [0, 0.1) is 5.92 Å². The standard InChI is InChI=1S/C10H16N2O2/c1-6(2)8-5-9(14-12-8)11-10(13)7(3)4/h5-7H,1-4H3,(H,11,13). The maximum Gasteiger partial charge on any atom is 0.231 e. The van der Waals surface area contributed by atoms with Crippen molar-refractivity contribution in [2.45, 2.75) is 33.6 Å². The highest BCUT2D eigenvalue weighted by Gasteiger charge is 2.12. The molecule has 0 saturated heterocycles. The minimum Gasteiger partial charge on any atom is -0.338 e. The summed E-state index contributed by atoms with van der Waals surface area (Å²) in [5.74, 6) is 0.620. The lowest BCUT2D eigenvalue weighted by Gasteiger charge is -2.02. The van der Waals surface area contributed by atoms with E-state index in [1.807, 2.05) is 27.7 Å². The molecule has 1 aromatic heterocycles. The summed E-state index contributed by atoms with van der Waals surface area (Å²) in [5.41, 5.74) is 0.851. The Kier molecular flexibility index (Phi) is 3.28. The van der Waals surface area contributed by atoms with Gasteiger partial charge < -0.3 is 4.52 Å². The van der Waals surface area contributed by atoms with E-state index in [0.717, 1.165) is 5.69 Å². The molecule has 0 bridgehead atoms. The molecule has 0 radical (unpaired) electrons. The highest BCUT2D eigenvalue weighted by atomic mass is 16.5. The molecule has 14 heavy (non-hydrogen) atoms. The Bertz CT molecular complexity index is 316. The van der Waals surface area contributed by atoms with Crippen LogP contribution in [0.3, 0.4) is 0 Å². The van der Waals surface area contributed by atoms with Gasteiger partial charge in [0.05, 0.1) is 5.69 Å². The molecule has 4 nitrogen and oxygen atoms in total. The van der Waals surface area contributed by atoms with E-state index in [1.54, 1.807) is 6.07 Å². The molecule has 0 spiro atoms. The molecule has 0 aliphatic heterocycles. The van der Waals surface area contributed by atoms with Gasteiger partial charge in [-0.1, -0.05) is 32.9 Å². The number of hydrogen-bond acceptors (Lipinski definition) is 3. The summed E-state index contributed by atoms with van der Waals surface area (Å²) in [5, 5.41) is 6.49. The number of aromatic nitrogens is 1. The maximum absolute atomic E-state index is 11.3. The highest BCUT2D eigenvalue weighted by molar-refractivity contribution is 5.90. The number of nitrogens with one attached hydrogen (secondary N) is 1. The Morgan fingerprint density at radius 3 is 2.50 bits per heavy atom. The summed E-state index contributed by atoms with van der Waals surface area (Å²) in [4.78, 5) is 11.3. The van der Waals surface area contributed by atoms with Gasteiger partial charge in [-0.3, -0.25) is 10.1 Å². The van der Waals surface area contributed by atoms with Gasteiger partial charge in [0.2, 0.25) is 11.8 Å². The Balaban J connectivity index is 2.64. The third-order valence-corrected chi connectivity index (χ3v) is 1.89. The molecular weight excluding hydrogens is 180 g/mol. The van der Waals surface area contributed by atoms with E-state index in [9.17, 15) is 4.79 Å². The van der Waals surface area contributed by atoms with Crippen molar-refractivity contribution in [2.75, 3.05) is 5.32 Å². The fourth-order valence-corrected chi connectivity index (χ4v) is 0.886. The van der Waals surface area contributed by atoms with E-state index in [2.05, 4.69) is 10.5 Å². The van der Waals surface area contributed by atoms with Crippen molar-refractivity contribution in [1.29, 1.82) is 0 Å². The molecule has 0 aliphatic carbocycles. The molecule has 1 amide bonds. The molecule has 0 aliphatic rings. The zero-order valence-electron chi connectivity index (χ0n) is 9.00. The van der Waals surface area contributed by atoms with Crippen molar-refractivity contribution in [1.82, 2.24) is 5.16 Å². The molecule has 1 rings (SSSR count). The quantitative estimate of drug-likeness (QED) is 0.807. The number of carbonyl (C=O) groups excluding carboxylic acids is 1. The predicted octanol–water partition coefficient (Wildman–Crippen LogP) is 2.39. The summed E-state index contributed by atoms with van der Waals surface area (Å²) in [6.45, 7) is 7.70.